The summed E-state index contributed by atoms with van der Waals surface area (Å²) in [7, 11) is 297. The highest BCUT2D eigenvalue weighted by Crippen LogP contribution is 2.45. The summed E-state index contributed by atoms with van der Waals surface area (Å²) >= 11 is 7.05. The highest BCUT2D eigenvalue weighted by Gasteiger charge is 2.67. The van der Waals surface area contributed by atoms with Gasteiger partial charge in [0.25, 0.3) is 0 Å². The maximum atomic E-state index is 7.39. The largest absolute Gasteiger partial charge is 0.256 e. The highest BCUT2D eigenvalue weighted by atomic mass is 35.5. The molecule has 0 amide bonds. The second-order valence-corrected chi connectivity index (χ2v) is 37.6. The number of hydrogen-bond donors (Lipinski definition) is 0. The van der Waals surface area contributed by atoms with Gasteiger partial charge in [-0.2, -0.15) is 0 Å². The van der Waals surface area contributed by atoms with E-state index in [1.165, 1.54) is 0 Å². The molecule has 87 heteroatoms. The molecule has 0 aliphatic carbocycles. The fourth-order valence-electron chi connectivity index (χ4n) is 22.3. The summed E-state index contributed by atoms with van der Waals surface area (Å²) in [6, 6.07) is 69.7. The Morgan fingerprint density at radius 1 is 0.144 bits per heavy atom. The van der Waals surface area contributed by atoms with Crippen LogP contribution >= 0.6 is 11.6 Å². The standard InChI is InChI=1S/C52H35ClN2.B84/c53-42-30-40(43-25-13-15-27-45(43)49-34-54-51(38-21-9-3-10-22-38)32-47(49)36-17-5-1-6-18-36)29-41(31-42)44-26-14-16-28-46(44)50-35-55-52(39-23-11-4-12-24-39)33-48(50)37-19-7-2-8-20-37;1-44(2)65(43)76(66(45(3)4)46(5)6)81(75(63(39)40)64(41)42)84(82(77(67(47(7)8)48(9)10)68(49(11)12)50(13)14)78(69(51(15)16)52(17)18)70(53(19)20)54(21)22)83(79(71(55(23)24)56(25)26)72(57(27)28)58(29)30)80(73(59(31)32)60(33)34)74(61(35)36)62(37)38/h1-35H;. The van der Waals surface area contributed by atoms with Crippen LogP contribution in [0, 0.1) is 0 Å². The van der Waals surface area contributed by atoms with Gasteiger partial charge >= 0.3 is 0 Å². The predicted molar refractivity (Wildman–Crippen MR) is 714 cm³/mol. The van der Waals surface area contributed by atoms with Gasteiger partial charge in [-0.25, -0.2) is 0 Å². The third-order valence-corrected chi connectivity index (χ3v) is 28.1. The van der Waals surface area contributed by atoms with Crippen LogP contribution in [0.4, 0.5) is 0 Å². The molecule has 0 saturated heterocycles. The Morgan fingerprint density at radius 2 is 0.317 bits per heavy atom. The first kappa shape index (κ1) is 123. The van der Waals surface area contributed by atoms with Gasteiger partial charge in [-0.3, -0.25) is 9.97 Å². The molecule has 0 atom stereocenters. The summed E-state index contributed by atoms with van der Waals surface area (Å²) in [4.78, 5) is 10.0. The van der Waals surface area contributed by atoms with Crippen LogP contribution in [0.5, 0.6) is 0 Å². The van der Waals surface area contributed by atoms with Gasteiger partial charge in [0.2, 0.25) is 0 Å². The van der Waals surface area contributed by atoms with Crippen LogP contribution in [0.15, 0.2) is 213 Å². The molecule has 9 aromatic rings. The van der Waals surface area contributed by atoms with E-state index in [1.54, 1.807) is 0 Å². The molecule has 0 N–H and O–H groups in total. The van der Waals surface area contributed by atoms with Crippen molar-refractivity contribution in [1.29, 1.82) is 0 Å². The molecule has 0 fully saturated rings. The van der Waals surface area contributed by atoms with Crippen LogP contribution in [0.2, 0.25) is 5.02 Å². The number of pyridine rings is 2. The minimum Gasteiger partial charge on any atom is -0.256 e. The lowest BCUT2D eigenvalue weighted by atomic mass is 8.20. The maximum Gasteiger partial charge on any atom is 0.0708 e. The van der Waals surface area contributed by atoms with Crippen molar-refractivity contribution in [3.63, 3.8) is 0 Å². The van der Waals surface area contributed by atoms with Crippen molar-refractivity contribution in [3.8, 4) is 89.3 Å². The molecule has 0 bridgehead atoms. The number of halogens is 1. The van der Waals surface area contributed by atoms with Gasteiger partial charge in [-0.15, -0.1) is 0 Å². The molecule has 86 radical (unpaired) electrons. The normalized spacial score (nSPS) is 10.3. The van der Waals surface area contributed by atoms with Crippen molar-refractivity contribution >= 4 is 606 Å². The first-order valence-electron chi connectivity index (χ1n) is 46.1. The van der Waals surface area contributed by atoms with Crippen molar-refractivity contribution in [1.82, 2.24) is 9.97 Å². The number of hydrogen-bond acceptors (Lipinski definition) is 2. The van der Waals surface area contributed by atoms with Crippen molar-refractivity contribution < 1.29 is 0 Å². The van der Waals surface area contributed by atoms with E-state index in [9.17, 15) is 0 Å². The van der Waals surface area contributed by atoms with Gasteiger partial charge in [0.1, 0.15) is 0 Å². The smallest absolute Gasteiger partial charge is 0.0708 e. The van der Waals surface area contributed by atoms with E-state index in [2.05, 4.69) is 188 Å². The van der Waals surface area contributed by atoms with Crippen molar-refractivity contribution in [2.24, 2.45) is 0 Å². The molecule has 0 unspecified atom stereocenters. The summed E-state index contributed by atoms with van der Waals surface area (Å²) in [6.45, 7) is 0. The van der Waals surface area contributed by atoms with Crippen LogP contribution in [-0.4, -0.2) is 604 Å². The Bertz CT molecular complexity index is 4630. The van der Waals surface area contributed by atoms with Crippen LogP contribution in [0.1, 0.15) is 0 Å². The van der Waals surface area contributed by atoms with Crippen LogP contribution in [-0.2, 0) is 0 Å². The lowest BCUT2D eigenvalue weighted by molar-refractivity contribution is 1.32. The first-order valence-corrected chi connectivity index (χ1v) is 46.5. The van der Waals surface area contributed by atoms with Crippen molar-refractivity contribution in [3.05, 3.63) is 218 Å². The number of aromatic nitrogens is 2. The maximum absolute atomic E-state index is 7.39. The van der Waals surface area contributed by atoms with E-state index < -0.39 is 262 Å². The second-order valence-electron chi connectivity index (χ2n) is 37.2. The topological polar surface area (TPSA) is 25.8 Å². The molecular formula is C52H35B84ClN2. The van der Waals surface area contributed by atoms with E-state index in [1.807, 2.05) is 24.5 Å². The van der Waals surface area contributed by atoms with E-state index in [4.69, 9.17) is 354 Å². The Hall–Kier alpha value is -1.42. The van der Waals surface area contributed by atoms with Crippen LogP contribution in [0.25, 0.3) is 89.3 Å². The molecule has 0 aliphatic heterocycles. The fourth-order valence-corrected chi connectivity index (χ4v) is 22.5. The minimum absolute atomic E-state index is 0.666. The minimum atomic E-state index is -2.01. The third-order valence-electron chi connectivity index (χ3n) is 27.8. The van der Waals surface area contributed by atoms with Crippen LogP contribution in [0.3, 0.4) is 0 Å². The average Bonchev–Trinajstić information content (AvgIpc) is 0.709. The summed E-state index contributed by atoms with van der Waals surface area (Å²) in [5, 5.41) is 0.666. The Balaban J connectivity index is 0.000000366. The lowest BCUT2D eigenvalue weighted by Crippen LogP contribution is -3.00. The molecule has 7 aromatic carbocycles. The van der Waals surface area contributed by atoms with E-state index >= 15 is 0 Å². The van der Waals surface area contributed by atoms with E-state index in [-0.39, 0.29) is 0 Å². The Kier molecular flexibility index (Phi) is 50.5. The van der Waals surface area contributed by atoms with Gasteiger partial charge in [-0.05, 0) is 86.0 Å². The van der Waals surface area contributed by atoms with Crippen molar-refractivity contribution in [2.45, 2.75) is 0 Å². The quantitative estimate of drug-likeness (QED) is 0.0355. The number of nitrogens with zero attached hydrogens (tertiary/aromatic N) is 2. The number of benzene rings is 7. The second kappa shape index (κ2) is 57.2. The summed E-state index contributed by atoms with van der Waals surface area (Å²) in [6.07, 6.45) is -66.8. The number of rotatable bonds is 48. The first-order chi connectivity index (χ1) is 65.4. The van der Waals surface area contributed by atoms with E-state index in [0.29, 0.717) is 5.02 Å². The molecule has 0 spiro atoms. The van der Waals surface area contributed by atoms with Gasteiger partial charge in [-0.1, -0.05) is 181 Å². The van der Waals surface area contributed by atoms with Gasteiger partial charge in [0.05, 0.1) is 11.4 Å². The molecular weight excluding hydrogens is 1600 g/mol. The third kappa shape index (κ3) is 31.0. The van der Waals surface area contributed by atoms with Crippen molar-refractivity contribution in [2.75, 3.05) is 0 Å². The van der Waals surface area contributed by atoms with E-state index in [0.717, 1.165) is 89.3 Å². The van der Waals surface area contributed by atoms with Gasteiger partial charge in [0, 0.05) is 634 Å². The molecule has 2 heterocycles. The summed E-state index contributed by atoms with van der Waals surface area (Å²) in [5.41, 5.74) is 17.0. The zero-order chi connectivity index (χ0) is 104. The fraction of sp³-hybridized carbons (Fsp3) is 0. The zero-order valence-electron chi connectivity index (χ0n) is 78.5. The Morgan fingerprint density at radius 3 is 0.518 bits per heavy atom. The summed E-state index contributed by atoms with van der Waals surface area (Å²) < 4.78 is 0. The van der Waals surface area contributed by atoms with Gasteiger partial charge in [0.15, 0.2) is 0 Å². The van der Waals surface area contributed by atoms with Gasteiger partial charge < -0.3 is 0 Å². The lowest BCUT2D eigenvalue weighted by Gasteiger charge is -2.62. The molecule has 139 heavy (non-hydrogen) atoms. The average molecular weight is 1630 g/mol. The Labute approximate surface area is 913 Å². The molecule has 2 nitrogen and oxygen atoms in total. The highest BCUT2D eigenvalue weighted by molar-refractivity contribution is 8.42. The predicted octanol–water partition coefficient (Wildman–Crippen LogP) is -17.5. The summed E-state index contributed by atoms with van der Waals surface area (Å²) in [5.74, 6) is 0. The van der Waals surface area contributed by atoms with Crippen LogP contribution < -0.4 is 0 Å². The zero-order valence-corrected chi connectivity index (χ0v) is 79.2. The SMILES string of the molecule is Clc1cc(-c2ccccc2-c2cnc(-c3ccccc3)cc2-c2ccccc2)cc(-c2ccccc2-c2cnc(-c3ccccc3)cc2-c2ccccc2)c1.[B]B([B])B([B])B(B(B([B])[B])B([B])[B])B(B(B([B])[B])B([B])[B])B(B(B(B(B([B])[B])B([B])[B])B(B([B])[B])B([B])[B])B(B(B([B])[B])B([B])[B])B(B([B])[B])B([B])[B])B(B(B(B([B])[B])B([B])[B])B(B([B])[B])B([B])[B])B(B(B([B])[B])B([B])[B])B(B([B])[B])B([B])[B]. The monoisotopic (exact) mass is 1650 g/mol. The molecule has 9 rings (SSSR count). The molecule has 0 aliphatic rings. The molecule has 512 valence electrons. The molecule has 2 aromatic heterocycles. The molecule has 0 saturated carbocycles.